The van der Waals surface area contributed by atoms with Gasteiger partial charge in [-0.25, -0.2) is 0 Å². The molecule has 8 nitrogen and oxygen atoms in total. The van der Waals surface area contributed by atoms with E-state index < -0.39 is 6.04 Å². The molecule has 0 bridgehead atoms. The van der Waals surface area contributed by atoms with Crippen LogP contribution in [0.1, 0.15) is 39.6 Å². The number of amides is 1. The number of hydrogen-bond donors (Lipinski definition) is 3. The molecule has 1 amide bonds. The number of phenolic OH excluding ortho intramolecular Hbond substituents is 1. The molecule has 2 aromatic carbocycles. The Hall–Kier alpha value is -3.23. The fraction of sp³-hybridized carbons (Fsp3) is 0.304. The molecule has 0 fully saturated rings. The van der Waals surface area contributed by atoms with Crippen LogP contribution < -0.4 is 9.47 Å². The maximum absolute atomic E-state index is 13.2. The predicted octanol–water partition coefficient (Wildman–Crippen LogP) is 3.69. The zero-order valence-corrected chi connectivity index (χ0v) is 18.7. The summed E-state index contributed by atoms with van der Waals surface area (Å²) in [6.07, 6.45) is 0.421. The molecule has 0 radical (unpaired) electrons. The lowest BCUT2D eigenvalue weighted by Gasteiger charge is -2.26. The van der Waals surface area contributed by atoms with E-state index in [0.29, 0.717) is 52.0 Å². The first-order valence-corrected chi connectivity index (χ1v) is 10.5. The number of phenols is 1. The summed E-state index contributed by atoms with van der Waals surface area (Å²) in [5.41, 5.74) is 3.37. The third-order valence-electron chi connectivity index (χ3n) is 5.68. The molecule has 3 N–H and O–H groups in total. The van der Waals surface area contributed by atoms with Gasteiger partial charge < -0.3 is 24.6 Å². The molecule has 2 heterocycles. The van der Waals surface area contributed by atoms with Crippen LogP contribution in [-0.4, -0.2) is 58.6 Å². The minimum Gasteiger partial charge on any atom is -0.507 e. The number of carbonyl (C=O) groups excluding carboxylic acids is 1. The number of aliphatic hydroxyl groups is 1. The summed E-state index contributed by atoms with van der Waals surface area (Å²) in [4.78, 5) is 14.9. The van der Waals surface area contributed by atoms with Gasteiger partial charge in [0.15, 0.2) is 11.5 Å². The lowest BCUT2D eigenvalue weighted by molar-refractivity contribution is 0.0732. The number of aromatic amines is 1. The van der Waals surface area contributed by atoms with E-state index in [2.05, 4.69) is 10.2 Å². The third-order valence-corrected chi connectivity index (χ3v) is 6.08. The molecular weight excluding hydrogens is 434 g/mol. The van der Waals surface area contributed by atoms with Crippen molar-refractivity contribution < 1.29 is 24.5 Å². The van der Waals surface area contributed by atoms with Gasteiger partial charge in [0.2, 0.25) is 0 Å². The highest BCUT2D eigenvalue weighted by molar-refractivity contribution is 6.31. The predicted molar refractivity (Wildman–Crippen MR) is 120 cm³/mol. The molecule has 32 heavy (non-hydrogen) atoms. The molecule has 3 aromatic rings. The van der Waals surface area contributed by atoms with Gasteiger partial charge in [-0.05, 0) is 48.7 Å². The Morgan fingerprint density at radius 1 is 1.19 bits per heavy atom. The number of H-pyrrole nitrogens is 1. The van der Waals surface area contributed by atoms with Gasteiger partial charge in [0.1, 0.15) is 17.1 Å². The zero-order chi connectivity index (χ0) is 23.0. The number of aryl methyl sites for hydroxylation is 1. The summed E-state index contributed by atoms with van der Waals surface area (Å²) < 4.78 is 10.8. The topological polar surface area (TPSA) is 108 Å². The quantitative estimate of drug-likeness (QED) is 0.499. The van der Waals surface area contributed by atoms with Crippen LogP contribution >= 0.6 is 11.6 Å². The van der Waals surface area contributed by atoms with Crippen molar-refractivity contribution in [3.63, 3.8) is 0 Å². The highest BCUT2D eigenvalue weighted by atomic mass is 35.5. The van der Waals surface area contributed by atoms with Gasteiger partial charge in [-0.2, -0.15) is 5.10 Å². The highest BCUT2D eigenvalue weighted by Gasteiger charge is 2.42. The van der Waals surface area contributed by atoms with Crippen LogP contribution in [0.5, 0.6) is 17.2 Å². The Bertz CT molecular complexity index is 1180. The maximum Gasteiger partial charge on any atom is 0.273 e. The first kappa shape index (κ1) is 22.0. The fourth-order valence-electron chi connectivity index (χ4n) is 4.10. The van der Waals surface area contributed by atoms with Gasteiger partial charge in [0.05, 0.1) is 20.3 Å². The Balaban J connectivity index is 1.91. The van der Waals surface area contributed by atoms with E-state index in [4.69, 9.17) is 21.1 Å². The number of aromatic hydroxyl groups is 1. The number of carbonyl (C=O) groups is 1. The molecule has 0 saturated heterocycles. The number of nitrogens with zero attached hydrogens (tertiary/aromatic N) is 2. The molecule has 0 aliphatic carbocycles. The molecule has 1 aliphatic rings. The number of nitrogens with one attached hydrogen (secondary N) is 1. The average molecular weight is 458 g/mol. The molecule has 168 valence electrons. The number of ether oxygens (including phenoxy) is 2. The largest absolute Gasteiger partial charge is 0.507 e. The number of benzene rings is 2. The normalized spacial score (nSPS) is 15.2. The molecule has 0 unspecified atom stereocenters. The molecular formula is C23H24ClN3O5. The Kier molecular flexibility index (Phi) is 5.99. The van der Waals surface area contributed by atoms with E-state index in [-0.39, 0.29) is 18.3 Å². The Labute approximate surface area is 190 Å². The van der Waals surface area contributed by atoms with Crippen LogP contribution in [0, 0.1) is 6.92 Å². The number of fused-ring (bicyclic) bond motifs is 1. The van der Waals surface area contributed by atoms with Gasteiger partial charge in [0, 0.05) is 29.3 Å². The first-order valence-electron chi connectivity index (χ1n) is 10.1. The molecule has 0 saturated carbocycles. The smallest absolute Gasteiger partial charge is 0.273 e. The summed E-state index contributed by atoms with van der Waals surface area (Å²) in [6.45, 7) is 2.10. The van der Waals surface area contributed by atoms with Gasteiger partial charge in [-0.1, -0.05) is 17.7 Å². The van der Waals surface area contributed by atoms with Gasteiger partial charge in [-0.15, -0.1) is 0 Å². The van der Waals surface area contributed by atoms with Crippen molar-refractivity contribution in [2.45, 2.75) is 19.4 Å². The Morgan fingerprint density at radius 2 is 1.94 bits per heavy atom. The van der Waals surface area contributed by atoms with Crippen molar-refractivity contribution in [3.05, 3.63) is 57.7 Å². The highest BCUT2D eigenvalue weighted by Crippen LogP contribution is 2.46. The second kappa shape index (κ2) is 8.72. The summed E-state index contributed by atoms with van der Waals surface area (Å²) >= 11 is 6.32. The van der Waals surface area contributed by atoms with Crippen molar-refractivity contribution >= 4 is 17.5 Å². The van der Waals surface area contributed by atoms with Crippen molar-refractivity contribution in [1.29, 1.82) is 0 Å². The van der Waals surface area contributed by atoms with Crippen LogP contribution in [0.25, 0.3) is 11.3 Å². The van der Waals surface area contributed by atoms with E-state index >= 15 is 0 Å². The maximum atomic E-state index is 13.2. The summed E-state index contributed by atoms with van der Waals surface area (Å²) in [5.74, 6) is 0.885. The number of hydrogen-bond acceptors (Lipinski definition) is 6. The van der Waals surface area contributed by atoms with E-state index in [9.17, 15) is 15.0 Å². The lowest BCUT2D eigenvalue weighted by Crippen LogP contribution is -2.31. The van der Waals surface area contributed by atoms with Crippen molar-refractivity contribution in [2.24, 2.45) is 0 Å². The van der Waals surface area contributed by atoms with Gasteiger partial charge in [0.25, 0.3) is 5.91 Å². The van der Waals surface area contributed by atoms with Gasteiger partial charge >= 0.3 is 0 Å². The second-order valence-electron chi connectivity index (χ2n) is 7.57. The minimum absolute atomic E-state index is 0.0218. The summed E-state index contributed by atoms with van der Waals surface area (Å²) in [7, 11) is 3.10. The number of methoxy groups -OCH3 is 2. The molecule has 0 spiro atoms. The molecule has 1 aliphatic heterocycles. The van der Waals surface area contributed by atoms with E-state index in [1.54, 1.807) is 44.2 Å². The fourth-order valence-corrected chi connectivity index (χ4v) is 4.26. The van der Waals surface area contributed by atoms with Crippen LogP contribution in [0.3, 0.4) is 0 Å². The molecule has 1 aromatic heterocycles. The standard InChI is InChI=1S/C23H24ClN3O5/c1-12-9-16(29)14(11-15(12)24)20-19-21(26-25-20)23(30)27(7-4-8-28)22(19)13-5-6-17(31-2)18(10-13)32-3/h5-6,9-11,22,28-29H,4,7-8H2,1-3H3,(H,25,26)/t22-/m1/s1. The lowest BCUT2D eigenvalue weighted by atomic mass is 9.95. The van der Waals surface area contributed by atoms with Crippen molar-refractivity contribution in [3.8, 4) is 28.5 Å². The SMILES string of the molecule is COc1ccc([C@@H]2c3c(-c4cc(Cl)c(C)cc4O)n[nH]c3C(=O)N2CCCO)cc1OC. The van der Waals surface area contributed by atoms with E-state index in [1.807, 2.05) is 12.1 Å². The zero-order valence-electron chi connectivity index (χ0n) is 18.0. The van der Waals surface area contributed by atoms with Crippen LogP contribution in [-0.2, 0) is 0 Å². The monoisotopic (exact) mass is 457 g/mol. The number of aliphatic hydroxyl groups excluding tert-OH is 1. The summed E-state index contributed by atoms with van der Waals surface area (Å²) in [5, 5.41) is 27.7. The Morgan fingerprint density at radius 3 is 2.62 bits per heavy atom. The molecule has 1 atom stereocenters. The third kappa shape index (κ3) is 3.55. The minimum atomic E-state index is -0.503. The summed E-state index contributed by atoms with van der Waals surface area (Å²) in [6, 6.07) is 8.17. The van der Waals surface area contributed by atoms with E-state index in [0.717, 1.165) is 11.1 Å². The van der Waals surface area contributed by atoms with E-state index in [1.165, 1.54) is 0 Å². The first-order chi connectivity index (χ1) is 15.4. The van der Waals surface area contributed by atoms with Gasteiger partial charge in [-0.3, -0.25) is 9.89 Å². The van der Waals surface area contributed by atoms with Crippen LogP contribution in [0.4, 0.5) is 0 Å². The van der Waals surface area contributed by atoms with Crippen molar-refractivity contribution in [2.75, 3.05) is 27.4 Å². The molecule has 9 heteroatoms. The van der Waals surface area contributed by atoms with Crippen molar-refractivity contribution in [1.82, 2.24) is 15.1 Å². The van der Waals surface area contributed by atoms with Crippen LogP contribution in [0.2, 0.25) is 5.02 Å². The molecule has 4 rings (SSSR count). The number of halogens is 1. The number of rotatable bonds is 7. The number of aromatic nitrogens is 2. The second-order valence-corrected chi connectivity index (χ2v) is 7.98. The van der Waals surface area contributed by atoms with Crippen LogP contribution in [0.15, 0.2) is 30.3 Å². The average Bonchev–Trinajstić information content (AvgIpc) is 3.33.